The van der Waals surface area contributed by atoms with Crippen LogP contribution in [-0.2, 0) is 38.2 Å². The summed E-state index contributed by atoms with van der Waals surface area (Å²) in [5.74, 6) is -8.10. The van der Waals surface area contributed by atoms with Crippen LogP contribution in [0.4, 0.5) is 0 Å². The Bertz CT molecular complexity index is 1390. The molecule has 0 aromatic heterocycles. The van der Waals surface area contributed by atoms with Gasteiger partial charge in [0, 0.05) is 18.6 Å². The minimum atomic E-state index is -2.13. The summed E-state index contributed by atoms with van der Waals surface area (Å²) >= 11 is 0. The number of phenols is 4. The molecule has 0 bridgehead atoms. The van der Waals surface area contributed by atoms with Crippen LogP contribution >= 0.6 is 0 Å². The molecule has 0 heterocycles. The number of carboxylic acid groups (broad SMARTS) is 2. The van der Waals surface area contributed by atoms with Crippen LogP contribution in [0.3, 0.4) is 0 Å². The zero-order chi connectivity index (χ0) is 32.1. The first-order valence-corrected chi connectivity index (χ1v) is 12.3. The van der Waals surface area contributed by atoms with Gasteiger partial charge in [-0.05, 0) is 47.5 Å². The molecule has 0 radical (unpaired) electrons. The molecule has 0 aliphatic rings. The molecule has 0 amide bonds. The fourth-order valence-electron chi connectivity index (χ4n) is 3.27. The number of aliphatic hydroxyl groups excluding tert-OH is 1. The highest BCUT2D eigenvalue weighted by Gasteiger charge is 2.34. The van der Waals surface area contributed by atoms with Gasteiger partial charge in [0.05, 0.1) is 12.8 Å². The Morgan fingerprint density at radius 1 is 0.698 bits per heavy atom. The van der Waals surface area contributed by atoms with E-state index >= 15 is 0 Å². The van der Waals surface area contributed by atoms with Crippen LogP contribution in [0.15, 0.2) is 48.6 Å². The lowest BCUT2D eigenvalue weighted by Crippen LogP contribution is -2.42. The summed E-state index contributed by atoms with van der Waals surface area (Å²) in [6.45, 7) is -0.831. The van der Waals surface area contributed by atoms with Crippen molar-refractivity contribution in [1.82, 2.24) is 0 Å². The van der Waals surface area contributed by atoms with Crippen LogP contribution in [0.1, 0.15) is 30.4 Å². The predicted molar refractivity (Wildman–Crippen MR) is 143 cm³/mol. The van der Waals surface area contributed by atoms with Crippen molar-refractivity contribution in [2.24, 2.45) is 0 Å². The molecule has 7 N–H and O–H groups in total. The van der Waals surface area contributed by atoms with Crippen molar-refractivity contribution in [3.63, 3.8) is 0 Å². The zero-order valence-electron chi connectivity index (χ0n) is 22.2. The van der Waals surface area contributed by atoms with Crippen molar-refractivity contribution in [2.75, 3.05) is 6.61 Å². The molecule has 43 heavy (non-hydrogen) atoms. The number of hydrogen-bond donors (Lipinski definition) is 7. The van der Waals surface area contributed by atoms with Crippen LogP contribution in [0.2, 0.25) is 0 Å². The predicted octanol–water partition coefficient (Wildman–Crippen LogP) is 1.30. The topological polar surface area (TPSA) is 255 Å². The molecule has 15 nitrogen and oxygen atoms in total. The Hall–Kier alpha value is -5.57. The number of rotatable bonds is 15. The van der Waals surface area contributed by atoms with Crippen LogP contribution in [0, 0.1) is 0 Å². The number of carbonyl (C=O) groups excluding carboxylic acids is 3. The second kappa shape index (κ2) is 16.0. The number of esters is 3. The standard InChI is InChI=1S/C28H28O15/c29-17-5-1-15(11-19(17)31)3-8-25(36)41-14-23(43-27(38)10-7-24(34)35)22(13-21(33)28(39)40)42-26(37)9-4-16-2-6-18(30)20(32)12-16/h1-6,8-9,11-12,21-23,29-33H,7,10,13-14H2,(H,34,35)(H,39,40)/b8-3+,9-4+. The first-order valence-electron chi connectivity index (χ1n) is 12.3. The Labute approximate surface area is 243 Å². The molecule has 0 fully saturated rings. The Morgan fingerprint density at radius 2 is 1.23 bits per heavy atom. The van der Waals surface area contributed by atoms with Gasteiger partial charge in [-0.25, -0.2) is 14.4 Å². The van der Waals surface area contributed by atoms with Gasteiger partial charge in [0.25, 0.3) is 0 Å². The average Bonchev–Trinajstić information content (AvgIpc) is 2.94. The molecule has 0 saturated heterocycles. The van der Waals surface area contributed by atoms with Gasteiger partial charge < -0.3 is 50.0 Å². The van der Waals surface area contributed by atoms with E-state index in [9.17, 15) is 49.5 Å². The first-order chi connectivity index (χ1) is 20.2. The maximum Gasteiger partial charge on any atom is 0.332 e. The number of benzene rings is 2. The highest BCUT2D eigenvalue weighted by atomic mass is 16.6. The third kappa shape index (κ3) is 11.8. The van der Waals surface area contributed by atoms with Crippen molar-refractivity contribution in [3.8, 4) is 23.0 Å². The number of carbonyl (C=O) groups is 5. The Morgan fingerprint density at radius 3 is 1.72 bits per heavy atom. The van der Waals surface area contributed by atoms with E-state index in [0.29, 0.717) is 0 Å². The summed E-state index contributed by atoms with van der Waals surface area (Å²) in [7, 11) is 0. The smallest absolute Gasteiger partial charge is 0.332 e. The quantitative estimate of drug-likeness (QED) is 0.0654. The third-order valence-electron chi connectivity index (χ3n) is 5.46. The fraction of sp³-hybridized carbons (Fsp3) is 0.250. The molecule has 0 saturated carbocycles. The third-order valence-corrected chi connectivity index (χ3v) is 5.46. The normalized spacial score (nSPS) is 13.2. The summed E-state index contributed by atoms with van der Waals surface area (Å²) in [6.07, 6.45) is -3.58. The highest BCUT2D eigenvalue weighted by molar-refractivity contribution is 5.88. The maximum atomic E-state index is 12.6. The van der Waals surface area contributed by atoms with Crippen molar-refractivity contribution in [1.29, 1.82) is 0 Å². The van der Waals surface area contributed by atoms with Crippen LogP contribution < -0.4 is 0 Å². The van der Waals surface area contributed by atoms with Crippen LogP contribution in [-0.4, -0.2) is 90.5 Å². The van der Waals surface area contributed by atoms with E-state index in [-0.39, 0.29) is 11.1 Å². The molecule has 0 spiro atoms. The number of phenolic OH excluding ortho intramolecular Hbond substituents is 4. The molecule has 2 aromatic rings. The number of aliphatic hydroxyl groups is 1. The van der Waals surface area contributed by atoms with Crippen LogP contribution in [0.25, 0.3) is 12.2 Å². The molecule has 230 valence electrons. The minimum Gasteiger partial charge on any atom is -0.504 e. The van der Waals surface area contributed by atoms with Crippen LogP contribution in [0.5, 0.6) is 23.0 Å². The van der Waals surface area contributed by atoms with E-state index in [2.05, 4.69) is 0 Å². The molecular weight excluding hydrogens is 576 g/mol. The summed E-state index contributed by atoms with van der Waals surface area (Å²) in [6, 6.07) is 7.27. The van der Waals surface area contributed by atoms with Crippen molar-refractivity contribution >= 4 is 42.0 Å². The van der Waals surface area contributed by atoms with Gasteiger partial charge >= 0.3 is 29.8 Å². The number of carboxylic acids is 2. The molecule has 3 atom stereocenters. The van der Waals surface area contributed by atoms with Crippen molar-refractivity contribution in [2.45, 2.75) is 37.6 Å². The molecule has 2 rings (SSSR count). The number of ether oxygens (including phenoxy) is 3. The molecular formula is C28H28O15. The molecule has 0 aliphatic carbocycles. The summed E-state index contributed by atoms with van der Waals surface area (Å²) in [4.78, 5) is 59.3. The minimum absolute atomic E-state index is 0.244. The van der Waals surface area contributed by atoms with E-state index in [1.807, 2.05) is 0 Å². The van der Waals surface area contributed by atoms with Gasteiger partial charge in [0.15, 0.2) is 35.2 Å². The average molecular weight is 605 g/mol. The SMILES string of the molecule is O=C(O)CCC(=O)OC(COC(=O)/C=C/c1ccc(O)c(O)c1)C(CC(O)C(=O)O)OC(=O)/C=C/c1ccc(O)c(O)c1. The monoisotopic (exact) mass is 604 g/mol. The number of aliphatic carboxylic acids is 2. The van der Waals surface area contributed by atoms with E-state index in [4.69, 9.17) is 24.4 Å². The summed E-state index contributed by atoms with van der Waals surface area (Å²) in [5.41, 5.74) is 0.530. The van der Waals surface area contributed by atoms with Gasteiger partial charge in [-0.3, -0.25) is 9.59 Å². The molecule has 15 heteroatoms. The summed E-state index contributed by atoms with van der Waals surface area (Å²) in [5, 5.41) is 65.8. The molecule has 0 aliphatic heterocycles. The molecule has 2 aromatic carbocycles. The highest BCUT2D eigenvalue weighted by Crippen LogP contribution is 2.26. The van der Waals surface area contributed by atoms with Crippen molar-refractivity contribution in [3.05, 3.63) is 59.7 Å². The second-order valence-corrected chi connectivity index (χ2v) is 8.78. The van der Waals surface area contributed by atoms with E-state index in [1.54, 1.807) is 0 Å². The second-order valence-electron chi connectivity index (χ2n) is 8.78. The lowest BCUT2D eigenvalue weighted by atomic mass is 10.1. The van der Waals surface area contributed by atoms with E-state index in [0.717, 1.165) is 36.4 Å². The largest absolute Gasteiger partial charge is 0.504 e. The molecule has 3 unspecified atom stereocenters. The Kier molecular flexibility index (Phi) is 12.5. The van der Waals surface area contributed by atoms with E-state index in [1.165, 1.54) is 24.3 Å². The van der Waals surface area contributed by atoms with Crippen molar-refractivity contribution < 1.29 is 73.9 Å². The number of hydrogen-bond acceptors (Lipinski definition) is 13. The van der Waals surface area contributed by atoms with Gasteiger partial charge in [-0.15, -0.1) is 0 Å². The number of aromatic hydroxyl groups is 4. The van der Waals surface area contributed by atoms with Gasteiger partial charge in [-0.1, -0.05) is 12.1 Å². The Balaban J connectivity index is 2.25. The lowest BCUT2D eigenvalue weighted by Gasteiger charge is -2.27. The summed E-state index contributed by atoms with van der Waals surface area (Å²) < 4.78 is 15.4. The maximum absolute atomic E-state index is 12.6. The zero-order valence-corrected chi connectivity index (χ0v) is 22.2. The van der Waals surface area contributed by atoms with Gasteiger partial charge in [0.1, 0.15) is 12.7 Å². The van der Waals surface area contributed by atoms with Gasteiger partial charge in [0.2, 0.25) is 0 Å². The fourth-order valence-corrected chi connectivity index (χ4v) is 3.27. The lowest BCUT2D eigenvalue weighted by molar-refractivity contribution is -0.176. The first kappa shape index (κ1) is 33.6. The van der Waals surface area contributed by atoms with E-state index < -0.39 is 97.0 Å². The van der Waals surface area contributed by atoms with Gasteiger partial charge in [-0.2, -0.15) is 0 Å².